The van der Waals surface area contributed by atoms with Crippen LogP contribution in [0.2, 0.25) is 0 Å². The number of halogens is 2. The predicted molar refractivity (Wildman–Crippen MR) is 116 cm³/mol. The molecule has 4 nitrogen and oxygen atoms in total. The molecule has 28 heavy (non-hydrogen) atoms. The van der Waals surface area contributed by atoms with Crippen LogP contribution in [-0.4, -0.2) is 61.0 Å². The van der Waals surface area contributed by atoms with Gasteiger partial charge in [0, 0.05) is 74.3 Å². The van der Waals surface area contributed by atoms with Crippen LogP contribution in [0.1, 0.15) is 0 Å². The van der Waals surface area contributed by atoms with E-state index < -0.39 is 0 Å². The Kier molecular flexibility index (Phi) is 6.61. The highest BCUT2D eigenvalue weighted by molar-refractivity contribution is 8.74. The maximum absolute atomic E-state index is 13.9. The summed E-state index contributed by atoms with van der Waals surface area (Å²) in [5.74, 6) is -0.295. The van der Waals surface area contributed by atoms with E-state index in [1.165, 1.54) is 12.1 Å². The Morgan fingerprint density at radius 2 is 0.893 bits per heavy atom. The van der Waals surface area contributed by atoms with Gasteiger partial charge in [-0.2, -0.15) is 0 Å². The third-order valence-electron chi connectivity index (χ3n) is 5.11. The van der Waals surface area contributed by atoms with Crippen LogP contribution in [0.5, 0.6) is 0 Å². The van der Waals surface area contributed by atoms with Gasteiger partial charge < -0.3 is 9.80 Å². The van der Waals surface area contributed by atoms with Crippen LogP contribution in [0.25, 0.3) is 0 Å². The molecular weight excluding hydrogens is 398 g/mol. The molecule has 0 aliphatic carbocycles. The van der Waals surface area contributed by atoms with Gasteiger partial charge in [0.2, 0.25) is 0 Å². The van der Waals surface area contributed by atoms with E-state index in [0.717, 1.165) is 52.4 Å². The standard InChI is InChI=1S/C20H24F2N4S2/c21-17-5-1-3-7-19(17)23-9-13-25(14-10-23)27-28-26-15-11-24(12-16-26)20-8-4-2-6-18(20)22/h1-8H,9-16H2. The zero-order chi connectivity index (χ0) is 19.3. The second-order valence-electron chi connectivity index (χ2n) is 6.88. The van der Waals surface area contributed by atoms with E-state index >= 15 is 0 Å². The summed E-state index contributed by atoms with van der Waals surface area (Å²) in [5, 5.41) is 0. The number of hydrogen-bond donors (Lipinski definition) is 0. The Morgan fingerprint density at radius 1 is 0.536 bits per heavy atom. The van der Waals surface area contributed by atoms with Gasteiger partial charge >= 0.3 is 0 Å². The molecule has 2 saturated heterocycles. The van der Waals surface area contributed by atoms with E-state index in [4.69, 9.17) is 0 Å². The first-order valence-electron chi connectivity index (χ1n) is 9.54. The summed E-state index contributed by atoms with van der Waals surface area (Å²) >= 11 is 0. The van der Waals surface area contributed by atoms with Crippen LogP contribution in [0.15, 0.2) is 48.5 Å². The number of benzene rings is 2. The Labute approximate surface area is 173 Å². The van der Waals surface area contributed by atoms with E-state index in [1.807, 2.05) is 24.3 Å². The number of para-hydroxylation sites is 2. The monoisotopic (exact) mass is 422 g/mol. The molecule has 0 radical (unpaired) electrons. The van der Waals surface area contributed by atoms with Crippen LogP contribution >= 0.6 is 22.0 Å². The van der Waals surface area contributed by atoms with Gasteiger partial charge in [-0.15, -0.1) is 0 Å². The summed E-state index contributed by atoms with van der Waals surface area (Å²) in [6, 6.07) is 14.0. The highest BCUT2D eigenvalue weighted by Gasteiger charge is 2.23. The second kappa shape index (κ2) is 9.35. The SMILES string of the molecule is Fc1ccccc1N1CCN(SSN2CCN(c3ccccc3F)CC2)CC1. The van der Waals surface area contributed by atoms with Crippen LogP contribution in [0.3, 0.4) is 0 Å². The second-order valence-corrected chi connectivity index (χ2v) is 9.11. The lowest BCUT2D eigenvalue weighted by molar-refractivity contribution is 0.422. The van der Waals surface area contributed by atoms with E-state index in [2.05, 4.69) is 18.4 Å². The van der Waals surface area contributed by atoms with Crippen LogP contribution in [-0.2, 0) is 0 Å². The maximum Gasteiger partial charge on any atom is 0.146 e. The topological polar surface area (TPSA) is 13.0 Å². The summed E-state index contributed by atoms with van der Waals surface area (Å²) in [5.41, 5.74) is 1.40. The summed E-state index contributed by atoms with van der Waals surface area (Å²) in [6.07, 6.45) is 0. The molecule has 0 N–H and O–H groups in total. The molecule has 2 aromatic rings. The molecule has 2 aromatic carbocycles. The zero-order valence-corrected chi connectivity index (χ0v) is 17.3. The summed E-state index contributed by atoms with van der Waals surface area (Å²) < 4.78 is 32.6. The van der Waals surface area contributed by atoms with Gasteiger partial charge in [0.25, 0.3) is 0 Å². The quantitative estimate of drug-likeness (QED) is 0.527. The van der Waals surface area contributed by atoms with Crippen molar-refractivity contribution in [2.45, 2.75) is 0 Å². The fourth-order valence-corrected chi connectivity index (χ4v) is 5.79. The van der Waals surface area contributed by atoms with Gasteiger partial charge in [0.05, 0.1) is 11.4 Å². The minimum atomic E-state index is -0.147. The zero-order valence-electron chi connectivity index (χ0n) is 15.6. The molecular formula is C20H24F2N4S2. The van der Waals surface area contributed by atoms with Gasteiger partial charge in [0.15, 0.2) is 0 Å². The number of nitrogens with zero attached hydrogens (tertiary/aromatic N) is 4. The lowest BCUT2D eigenvalue weighted by Gasteiger charge is -2.38. The van der Waals surface area contributed by atoms with Gasteiger partial charge in [-0.3, -0.25) is 0 Å². The Bertz CT molecular complexity index is 713. The van der Waals surface area contributed by atoms with Gasteiger partial charge in [-0.05, 0) is 24.3 Å². The molecule has 2 aliphatic heterocycles. The number of piperazine rings is 2. The smallest absolute Gasteiger partial charge is 0.146 e. The lowest BCUT2D eigenvalue weighted by atomic mass is 10.2. The number of hydrogen-bond acceptors (Lipinski definition) is 6. The van der Waals surface area contributed by atoms with Gasteiger partial charge in [-0.25, -0.2) is 17.4 Å². The van der Waals surface area contributed by atoms with Crippen molar-refractivity contribution in [1.82, 2.24) is 8.61 Å². The van der Waals surface area contributed by atoms with Gasteiger partial charge in [0.1, 0.15) is 11.6 Å². The molecule has 0 aromatic heterocycles. The highest BCUT2D eigenvalue weighted by Crippen LogP contribution is 2.33. The van der Waals surface area contributed by atoms with Crippen LogP contribution in [0.4, 0.5) is 20.2 Å². The normalized spacial score (nSPS) is 19.2. The molecule has 0 bridgehead atoms. The molecule has 0 unspecified atom stereocenters. The number of anilines is 2. The molecule has 8 heteroatoms. The molecule has 4 rings (SSSR count). The fraction of sp³-hybridized carbons (Fsp3) is 0.400. The first-order chi connectivity index (χ1) is 13.7. The molecule has 0 saturated carbocycles. The van der Waals surface area contributed by atoms with E-state index in [9.17, 15) is 8.78 Å². The minimum Gasteiger partial charge on any atom is -0.367 e. The molecule has 2 fully saturated rings. The molecule has 150 valence electrons. The minimum absolute atomic E-state index is 0.147. The van der Waals surface area contributed by atoms with Gasteiger partial charge in [-0.1, -0.05) is 24.3 Å². The Hall–Kier alpha value is -1.48. The van der Waals surface area contributed by atoms with Crippen molar-refractivity contribution in [1.29, 1.82) is 0 Å². The third kappa shape index (κ3) is 4.74. The van der Waals surface area contributed by atoms with E-state index in [0.29, 0.717) is 11.4 Å². The molecule has 2 aliphatic rings. The fourth-order valence-electron chi connectivity index (χ4n) is 3.52. The third-order valence-corrected chi connectivity index (χ3v) is 7.79. The van der Waals surface area contributed by atoms with Crippen molar-refractivity contribution >= 4 is 33.3 Å². The average molecular weight is 423 g/mol. The lowest BCUT2D eigenvalue weighted by Crippen LogP contribution is -2.45. The predicted octanol–water partition coefficient (Wildman–Crippen LogP) is 4.12. The summed E-state index contributed by atoms with van der Waals surface area (Å²) in [6.45, 7) is 6.93. The van der Waals surface area contributed by atoms with Crippen molar-refractivity contribution in [2.24, 2.45) is 0 Å². The van der Waals surface area contributed by atoms with E-state index in [1.54, 1.807) is 34.1 Å². The maximum atomic E-state index is 13.9. The number of rotatable bonds is 5. The van der Waals surface area contributed by atoms with Crippen LogP contribution < -0.4 is 9.80 Å². The van der Waals surface area contributed by atoms with Crippen molar-refractivity contribution in [3.8, 4) is 0 Å². The first-order valence-corrected chi connectivity index (χ1v) is 11.6. The average Bonchev–Trinajstić information content (AvgIpc) is 2.74. The molecule has 2 heterocycles. The van der Waals surface area contributed by atoms with E-state index in [-0.39, 0.29) is 11.6 Å². The molecule has 0 amide bonds. The summed E-state index contributed by atoms with van der Waals surface area (Å²) in [4.78, 5) is 4.23. The molecule has 0 atom stereocenters. The Balaban J connectivity index is 1.20. The van der Waals surface area contributed by atoms with Crippen molar-refractivity contribution in [3.63, 3.8) is 0 Å². The first kappa shape index (κ1) is 19.8. The Morgan fingerprint density at radius 3 is 1.25 bits per heavy atom. The van der Waals surface area contributed by atoms with Crippen LogP contribution in [0, 0.1) is 11.6 Å². The largest absolute Gasteiger partial charge is 0.367 e. The van der Waals surface area contributed by atoms with Crippen molar-refractivity contribution < 1.29 is 8.78 Å². The summed E-state index contributed by atoms with van der Waals surface area (Å²) in [7, 11) is 3.54. The highest BCUT2D eigenvalue weighted by atomic mass is 33.1. The van der Waals surface area contributed by atoms with Crippen molar-refractivity contribution in [2.75, 3.05) is 62.2 Å². The van der Waals surface area contributed by atoms with Crippen molar-refractivity contribution in [3.05, 3.63) is 60.2 Å². The molecule has 0 spiro atoms.